The van der Waals surface area contributed by atoms with Crippen LogP contribution in [0.5, 0.6) is 5.75 Å². The molecular weight excluding hydrogens is 456 g/mol. The number of carbonyl (C=O) groups is 1. The van der Waals surface area contributed by atoms with Crippen molar-refractivity contribution in [2.24, 2.45) is 7.05 Å². The Kier molecular flexibility index (Phi) is 7.56. The maximum atomic E-state index is 12.5. The molecule has 0 atom stereocenters. The van der Waals surface area contributed by atoms with Gasteiger partial charge in [-0.1, -0.05) is 87.1 Å². The van der Waals surface area contributed by atoms with Gasteiger partial charge in [0.1, 0.15) is 12.4 Å². The van der Waals surface area contributed by atoms with Crippen LogP contribution < -0.4 is 10.1 Å². The van der Waals surface area contributed by atoms with Gasteiger partial charge in [-0.2, -0.15) is 0 Å². The van der Waals surface area contributed by atoms with Crippen LogP contribution in [0.1, 0.15) is 31.9 Å². The summed E-state index contributed by atoms with van der Waals surface area (Å²) in [5.74, 6) is 1.66. The predicted octanol–water partition coefficient (Wildman–Crippen LogP) is 6.09. The Bertz CT molecular complexity index is 1260. The van der Waals surface area contributed by atoms with Gasteiger partial charge in [0, 0.05) is 18.3 Å². The van der Waals surface area contributed by atoms with Crippen molar-refractivity contribution in [1.29, 1.82) is 0 Å². The number of nitrogens with one attached hydrogen (secondary N) is 1. The molecule has 4 aromatic rings. The van der Waals surface area contributed by atoms with Crippen LogP contribution in [0.4, 0.5) is 5.69 Å². The molecule has 0 spiro atoms. The van der Waals surface area contributed by atoms with Gasteiger partial charge in [-0.15, -0.1) is 10.2 Å². The van der Waals surface area contributed by atoms with Gasteiger partial charge in [-0.05, 0) is 40.8 Å². The third-order valence-electron chi connectivity index (χ3n) is 5.56. The minimum Gasteiger partial charge on any atom is -0.489 e. The zero-order valence-electron chi connectivity index (χ0n) is 20.5. The lowest BCUT2D eigenvalue weighted by molar-refractivity contribution is -0.113. The molecule has 0 saturated heterocycles. The number of benzene rings is 3. The topological polar surface area (TPSA) is 69.0 Å². The van der Waals surface area contributed by atoms with Gasteiger partial charge in [-0.3, -0.25) is 4.79 Å². The first-order valence-electron chi connectivity index (χ1n) is 11.5. The minimum atomic E-state index is -0.105. The van der Waals surface area contributed by atoms with E-state index in [4.69, 9.17) is 4.74 Å². The first-order chi connectivity index (χ1) is 16.8. The van der Waals surface area contributed by atoms with Gasteiger partial charge in [0.15, 0.2) is 11.0 Å². The number of anilines is 1. The molecule has 1 N–H and O–H groups in total. The summed E-state index contributed by atoms with van der Waals surface area (Å²) < 4.78 is 7.72. The third kappa shape index (κ3) is 6.51. The van der Waals surface area contributed by atoms with Crippen LogP contribution in [0.15, 0.2) is 84.0 Å². The molecule has 0 aliphatic carbocycles. The van der Waals surface area contributed by atoms with Crippen molar-refractivity contribution in [3.63, 3.8) is 0 Å². The van der Waals surface area contributed by atoms with E-state index in [-0.39, 0.29) is 17.1 Å². The standard InChI is InChI=1S/C28H30N4O2S/c1-28(2,3)22-12-10-21(11-13-22)26-30-31-27(32(26)4)35-19-25(33)29-23-14-16-24(17-15-23)34-18-20-8-6-5-7-9-20/h5-17H,18-19H2,1-4H3,(H,29,33). The first kappa shape index (κ1) is 24.5. The summed E-state index contributed by atoms with van der Waals surface area (Å²) >= 11 is 1.36. The zero-order chi connectivity index (χ0) is 24.8. The van der Waals surface area contributed by atoms with E-state index in [1.807, 2.05) is 66.2 Å². The van der Waals surface area contributed by atoms with Crippen molar-refractivity contribution in [1.82, 2.24) is 14.8 Å². The summed E-state index contributed by atoms with van der Waals surface area (Å²) in [5, 5.41) is 12.2. The van der Waals surface area contributed by atoms with Gasteiger partial charge in [0.2, 0.25) is 5.91 Å². The molecule has 0 aliphatic rings. The molecule has 0 bridgehead atoms. The van der Waals surface area contributed by atoms with Crippen LogP contribution in [0.25, 0.3) is 11.4 Å². The van der Waals surface area contributed by atoms with E-state index in [2.05, 4.69) is 60.6 Å². The second-order valence-corrected chi connectivity index (χ2v) is 10.3. The van der Waals surface area contributed by atoms with Crippen molar-refractivity contribution in [2.45, 2.75) is 37.9 Å². The average molecular weight is 487 g/mol. The maximum Gasteiger partial charge on any atom is 0.234 e. The number of carbonyl (C=O) groups excluding carboxylic acids is 1. The molecule has 1 heterocycles. The van der Waals surface area contributed by atoms with Gasteiger partial charge in [0.25, 0.3) is 0 Å². The minimum absolute atomic E-state index is 0.0995. The van der Waals surface area contributed by atoms with E-state index >= 15 is 0 Å². The maximum absolute atomic E-state index is 12.5. The molecule has 0 saturated carbocycles. The van der Waals surface area contributed by atoms with Gasteiger partial charge >= 0.3 is 0 Å². The molecule has 1 amide bonds. The second kappa shape index (κ2) is 10.8. The largest absolute Gasteiger partial charge is 0.489 e. The molecular formula is C28H30N4O2S. The summed E-state index contributed by atoms with van der Waals surface area (Å²) in [7, 11) is 1.92. The lowest BCUT2D eigenvalue weighted by atomic mass is 9.87. The van der Waals surface area contributed by atoms with Gasteiger partial charge in [0.05, 0.1) is 5.75 Å². The third-order valence-corrected chi connectivity index (χ3v) is 6.58. The van der Waals surface area contributed by atoms with Gasteiger partial charge in [-0.25, -0.2) is 0 Å². The summed E-state index contributed by atoms with van der Waals surface area (Å²) in [6.45, 7) is 7.08. The molecule has 0 radical (unpaired) electrons. The van der Waals surface area contributed by atoms with Crippen LogP contribution >= 0.6 is 11.8 Å². The summed E-state index contributed by atoms with van der Waals surface area (Å²) in [6.07, 6.45) is 0. The monoisotopic (exact) mass is 486 g/mol. The van der Waals surface area contributed by atoms with Crippen LogP contribution in [-0.4, -0.2) is 26.4 Å². The molecule has 180 valence electrons. The quantitative estimate of drug-likeness (QED) is 0.305. The Morgan fingerprint density at radius 3 is 2.29 bits per heavy atom. The number of thioether (sulfide) groups is 1. The molecule has 6 nitrogen and oxygen atoms in total. The van der Waals surface area contributed by atoms with Crippen molar-refractivity contribution in [3.05, 3.63) is 90.0 Å². The number of hydrogen-bond acceptors (Lipinski definition) is 5. The Balaban J connectivity index is 1.29. The fourth-order valence-electron chi connectivity index (χ4n) is 3.51. The Morgan fingerprint density at radius 1 is 0.943 bits per heavy atom. The summed E-state index contributed by atoms with van der Waals surface area (Å²) in [5.41, 5.74) is 4.20. The second-order valence-electron chi connectivity index (χ2n) is 9.33. The van der Waals surface area contributed by atoms with E-state index in [0.717, 1.165) is 28.4 Å². The molecule has 7 heteroatoms. The molecule has 35 heavy (non-hydrogen) atoms. The molecule has 0 unspecified atom stereocenters. The fourth-order valence-corrected chi connectivity index (χ4v) is 4.22. The molecule has 4 rings (SSSR count). The summed E-state index contributed by atoms with van der Waals surface area (Å²) in [4.78, 5) is 12.5. The first-order valence-corrected chi connectivity index (χ1v) is 12.5. The van der Waals surface area contributed by atoms with E-state index < -0.39 is 0 Å². The SMILES string of the molecule is Cn1c(SCC(=O)Nc2ccc(OCc3ccccc3)cc2)nnc1-c1ccc(C(C)(C)C)cc1. The van der Waals surface area contributed by atoms with Crippen LogP contribution in [0.3, 0.4) is 0 Å². The number of aromatic nitrogens is 3. The van der Waals surface area contributed by atoms with E-state index in [0.29, 0.717) is 11.8 Å². The Morgan fingerprint density at radius 2 is 1.63 bits per heavy atom. The van der Waals surface area contributed by atoms with E-state index in [9.17, 15) is 4.79 Å². The number of ether oxygens (including phenoxy) is 1. The predicted molar refractivity (Wildman–Crippen MR) is 142 cm³/mol. The average Bonchev–Trinajstić information content (AvgIpc) is 3.22. The fraction of sp³-hybridized carbons (Fsp3) is 0.250. The van der Waals surface area contributed by atoms with Gasteiger partial charge < -0.3 is 14.6 Å². The van der Waals surface area contributed by atoms with Crippen molar-refractivity contribution in [2.75, 3.05) is 11.1 Å². The Labute approximate surface area is 210 Å². The van der Waals surface area contributed by atoms with Crippen molar-refractivity contribution >= 4 is 23.4 Å². The highest BCUT2D eigenvalue weighted by atomic mass is 32.2. The van der Waals surface area contributed by atoms with Crippen LogP contribution in [0, 0.1) is 0 Å². The smallest absolute Gasteiger partial charge is 0.234 e. The highest BCUT2D eigenvalue weighted by Crippen LogP contribution is 2.27. The molecule has 0 fully saturated rings. The lowest BCUT2D eigenvalue weighted by Crippen LogP contribution is -2.14. The lowest BCUT2D eigenvalue weighted by Gasteiger charge is -2.19. The molecule has 1 aromatic heterocycles. The highest BCUT2D eigenvalue weighted by molar-refractivity contribution is 7.99. The number of amides is 1. The van der Waals surface area contributed by atoms with Crippen LogP contribution in [-0.2, 0) is 23.9 Å². The number of rotatable bonds is 8. The number of hydrogen-bond donors (Lipinski definition) is 1. The highest BCUT2D eigenvalue weighted by Gasteiger charge is 2.16. The van der Waals surface area contributed by atoms with Crippen molar-refractivity contribution in [3.8, 4) is 17.1 Å². The van der Waals surface area contributed by atoms with Crippen molar-refractivity contribution < 1.29 is 9.53 Å². The Hall–Kier alpha value is -3.58. The summed E-state index contributed by atoms with van der Waals surface area (Å²) in [6, 6.07) is 25.8. The molecule has 3 aromatic carbocycles. The number of nitrogens with zero attached hydrogens (tertiary/aromatic N) is 3. The molecule has 0 aliphatic heterocycles. The van der Waals surface area contributed by atoms with E-state index in [1.165, 1.54) is 17.3 Å². The zero-order valence-corrected chi connectivity index (χ0v) is 21.3. The van der Waals surface area contributed by atoms with E-state index in [1.54, 1.807) is 0 Å². The van der Waals surface area contributed by atoms with Crippen LogP contribution in [0.2, 0.25) is 0 Å². The normalized spacial score (nSPS) is 11.3.